The van der Waals surface area contributed by atoms with Crippen LogP contribution in [0.25, 0.3) is 0 Å². The Morgan fingerprint density at radius 1 is 0.905 bits per heavy atom. The largest absolute Gasteiger partial charge is 0.416 e. The fourth-order valence-corrected chi connectivity index (χ4v) is 2.37. The number of halogens is 3. The zero-order valence-electron chi connectivity index (χ0n) is 11.7. The molecule has 0 aromatic heterocycles. The highest BCUT2D eigenvalue weighted by atomic mass is 19.4. The summed E-state index contributed by atoms with van der Waals surface area (Å²) in [5, 5.41) is 10.8. The summed E-state index contributed by atoms with van der Waals surface area (Å²) in [6.07, 6.45) is -3.79. The number of benzene rings is 2. The molecular formula is C17H17F3O. The van der Waals surface area contributed by atoms with Gasteiger partial charge in [-0.3, -0.25) is 0 Å². The van der Waals surface area contributed by atoms with E-state index in [2.05, 4.69) is 0 Å². The monoisotopic (exact) mass is 294 g/mol. The summed E-state index contributed by atoms with van der Waals surface area (Å²) in [5.74, 6) is 0. The molecule has 0 aliphatic heterocycles. The van der Waals surface area contributed by atoms with E-state index in [1.54, 1.807) is 18.2 Å². The highest BCUT2D eigenvalue weighted by Gasteiger charge is 2.32. The Hall–Kier alpha value is -1.81. The van der Waals surface area contributed by atoms with Crippen molar-refractivity contribution in [1.82, 2.24) is 0 Å². The third-order valence-corrected chi connectivity index (χ3v) is 3.65. The van der Waals surface area contributed by atoms with Gasteiger partial charge in [-0.05, 0) is 23.6 Å². The first-order valence-electron chi connectivity index (χ1n) is 6.79. The molecule has 2 aromatic rings. The predicted octanol–water partition coefficient (Wildman–Crippen LogP) is 4.55. The van der Waals surface area contributed by atoms with E-state index in [0.717, 1.165) is 12.1 Å². The van der Waals surface area contributed by atoms with Crippen LogP contribution in [-0.2, 0) is 18.2 Å². The molecule has 0 bridgehead atoms. The number of aliphatic hydroxyl groups is 1. The maximum atomic E-state index is 12.7. The fraction of sp³-hybridized carbons (Fsp3) is 0.294. The zero-order valence-corrected chi connectivity index (χ0v) is 11.7. The smallest absolute Gasteiger partial charge is 0.385 e. The molecule has 1 nitrogen and oxygen atoms in total. The van der Waals surface area contributed by atoms with Gasteiger partial charge in [-0.2, -0.15) is 13.2 Å². The van der Waals surface area contributed by atoms with Crippen LogP contribution in [0.3, 0.4) is 0 Å². The van der Waals surface area contributed by atoms with Gasteiger partial charge in [0.1, 0.15) is 0 Å². The van der Waals surface area contributed by atoms with Gasteiger partial charge in [-0.25, -0.2) is 0 Å². The van der Waals surface area contributed by atoms with Crippen LogP contribution in [0.4, 0.5) is 13.2 Å². The minimum absolute atomic E-state index is 0.150. The van der Waals surface area contributed by atoms with Crippen molar-refractivity contribution in [3.8, 4) is 0 Å². The third-order valence-electron chi connectivity index (χ3n) is 3.65. The van der Waals surface area contributed by atoms with E-state index in [1.165, 1.54) is 6.07 Å². The van der Waals surface area contributed by atoms with Crippen molar-refractivity contribution >= 4 is 0 Å². The molecule has 1 atom stereocenters. The van der Waals surface area contributed by atoms with Crippen molar-refractivity contribution < 1.29 is 18.3 Å². The van der Waals surface area contributed by atoms with Crippen LogP contribution in [0.15, 0.2) is 54.6 Å². The normalized spacial score (nSPS) is 14.7. The Bertz CT molecular complexity index is 592. The Kier molecular flexibility index (Phi) is 4.37. The van der Waals surface area contributed by atoms with Crippen molar-refractivity contribution in [2.75, 3.05) is 0 Å². The molecule has 2 rings (SSSR count). The van der Waals surface area contributed by atoms with E-state index < -0.39 is 17.3 Å². The average Bonchev–Trinajstić information content (AvgIpc) is 2.47. The van der Waals surface area contributed by atoms with E-state index in [-0.39, 0.29) is 6.42 Å². The van der Waals surface area contributed by atoms with Gasteiger partial charge < -0.3 is 5.11 Å². The quantitative estimate of drug-likeness (QED) is 0.877. The Balaban J connectivity index is 2.31. The lowest BCUT2D eigenvalue weighted by molar-refractivity contribution is -0.137. The number of rotatable bonds is 4. The average molecular weight is 294 g/mol. The van der Waals surface area contributed by atoms with Crippen LogP contribution in [0.2, 0.25) is 0 Å². The highest BCUT2D eigenvalue weighted by Crippen LogP contribution is 2.33. The van der Waals surface area contributed by atoms with E-state index >= 15 is 0 Å². The van der Waals surface area contributed by atoms with Gasteiger partial charge in [0.2, 0.25) is 0 Å². The lowest BCUT2D eigenvalue weighted by Crippen LogP contribution is -2.27. The maximum Gasteiger partial charge on any atom is 0.416 e. The van der Waals surface area contributed by atoms with Crippen molar-refractivity contribution in [1.29, 1.82) is 0 Å². The summed E-state index contributed by atoms with van der Waals surface area (Å²) in [4.78, 5) is 0. The van der Waals surface area contributed by atoms with Gasteiger partial charge in [0.05, 0.1) is 11.2 Å². The molecule has 1 N–H and O–H groups in total. The molecule has 0 saturated carbocycles. The van der Waals surface area contributed by atoms with E-state index in [4.69, 9.17) is 0 Å². The first-order chi connectivity index (χ1) is 9.85. The van der Waals surface area contributed by atoms with Crippen LogP contribution < -0.4 is 0 Å². The lowest BCUT2D eigenvalue weighted by atomic mass is 9.85. The Morgan fingerprint density at radius 2 is 1.52 bits per heavy atom. The SMILES string of the molecule is CCC(O)(Cc1cccc(C(F)(F)F)c1)c1ccccc1. The standard InChI is InChI=1S/C17H17F3O/c1-2-16(21,14-8-4-3-5-9-14)12-13-7-6-10-15(11-13)17(18,19)20/h3-11,21H,2,12H2,1H3. The third kappa shape index (κ3) is 3.64. The zero-order chi connectivity index (χ0) is 15.5. The summed E-state index contributed by atoms with van der Waals surface area (Å²) in [6.45, 7) is 1.82. The van der Waals surface area contributed by atoms with E-state index in [1.807, 2.05) is 25.1 Å². The van der Waals surface area contributed by atoms with Gasteiger partial charge in [0.25, 0.3) is 0 Å². The van der Waals surface area contributed by atoms with Crippen LogP contribution in [0, 0.1) is 0 Å². The molecule has 1 unspecified atom stereocenters. The molecule has 0 saturated heterocycles. The molecule has 0 aliphatic rings. The minimum atomic E-state index is -4.37. The van der Waals surface area contributed by atoms with Crippen molar-refractivity contribution in [2.45, 2.75) is 31.5 Å². The molecule has 0 spiro atoms. The second kappa shape index (κ2) is 5.90. The van der Waals surface area contributed by atoms with Crippen LogP contribution in [-0.4, -0.2) is 5.11 Å². The number of alkyl halides is 3. The van der Waals surface area contributed by atoms with E-state index in [9.17, 15) is 18.3 Å². The number of hydrogen-bond acceptors (Lipinski definition) is 1. The molecular weight excluding hydrogens is 277 g/mol. The summed E-state index contributed by atoms with van der Waals surface area (Å²) in [7, 11) is 0. The molecule has 0 aliphatic carbocycles. The molecule has 0 radical (unpaired) electrons. The summed E-state index contributed by atoms with van der Waals surface area (Å²) < 4.78 is 38.2. The highest BCUT2D eigenvalue weighted by molar-refractivity contribution is 5.30. The predicted molar refractivity (Wildman–Crippen MR) is 75.8 cm³/mol. The van der Waals surface area contributed by atoms with Gasteiger partial charge in [0, 0.05) is 6.42 Å². The molecule has 21 heavy (non-hydrogen) atoms. The Morgan fingerprint density at radius 3 is 2.10 bits per heavy atom. The molecule has 112 valence electrons. The molecule has 0 amide bonds. The minimum Gasteiger partial charge on any atom is -0.385 e. The van der Waals surface area contributed by atoms with Gasteiger partial charge >= 0.3 is 6.18 Å². The maximum absolute atomic E-state index is 12.7. The van der Waals surface area contributed by atoms with Gasteiger partial charge in [-0.1, -0.05) is 55.5 Å². The molecule has 0 fully saturated rings. The molecule has 4 heteroatoms. The molecule has 0 heterocycles. The second-order valence-electron chi connectivity index (χ2n) is 5.13. The van der Waals surface area contributed by atoms with Crippen LogP contribution in [0.5, 0.6) is 0 Å². The van der Waals surface area contributed by atoms with Crippen LogP contribution >= 0.6 is 0 Å². The first-order valence-corrected chi connectivity index (χ1v) is 6.79. The summed E-state index contributed by atoms with van der Waals surface area (Å²) in [5.41, 5.74) is -0.666. The van der Waals surface area contributed by atoms with Crippen molar-refractivity contribution in [3.05, 3.63) is 71.3 Å². The summed E-state index contributed by atoms with van der Waals surface area (Å²) >= 11 is 0. The van der Waals surface area contributed by atoms with Gasteiger partial charge in [0.15, 0.2) is 0 Å². The lowest BCUT2D eigenvalue weighted by Gasteiger charge is -2.28. The second-order valence-corrected chi connectivity index (χ2v) is 5.13. The molecule has 2 aromatic carbocycles. The van der Waals surface area contributed by atoms with E-state index in [0.29, 0.717) is 17.5 Å². The van der Waals surface area contributed by atoms with Crippen LogP contribution in [0.1, 0.15) is 30.0 Å². The fourth-order valence-electron chi connectivity index (χ4n) is 2.37. The van der Waals surface area contributed by atoms with Gasteiger partial charge in [-0.15, -0.1) is 0 Å². The first kappa shape index (κ1) is 15.6. The topological polar surface area (TPSA) is 20.2 Å². The summed E-state index contributed by atoms with van der Waals surface area (Å²) in [6, 6.07) is 14.2. The number of hydrogen-bond donors (Lipinski definition) is 1. The van der Waals surface area contributed by atoms with Crippen molar-refractivity contribution in [2.24, 2.45) is 0 Å². The van der Waals surface area contributed by atoms with Crippen molar-refractivity contribution in [3.63, 3.8) is 0 Å². The Labute approximate surface area is 122 Å².